The van der Waals surface area contributed by atoms with Gasteiger partial charge in [0.25, 0.3) is 0 Å². The molecule has 1 aromatic carbocycles. The fraction of sp³-hybridized carbons (Fsp3) is 0.667. The fourth-order valence-corrected chi connectivity index (χ4v) is 5.15. The predicted octanol–water partition coefficient (Wildman–Crippen LogP) is 6.37. The highest BCUT2D eigenvalue weighted by atomic mass is 35.5. The van der Waals surface area contributed by atoms with E-state index in [9.17, 15) is 0 Å². The van der Waals surface area contributed by atoms with E-state index in [4.69, 9.17) is 21.3 Å². The number of rotatable bonds is 5. The van der Waals surface area contributed by atoms with Crippen LogP contribution in [0.5, 0.6) is 0 Å². The summed E-state index contributed by atoms with van der Waals surface area (Å²) in [5.74, 6) is 0. The zero-order valence-corrected chi connectivity index (χ0v) is 18.9. The van der Waals surface area contributed by atoms with Gasteiger partial charge >= 0.3 is 0 Å². The van der Waals surface area contributed by atoms with Gasteiger partial charge in [0.05, 0.1) is 10.6 Å². The van der Waals surface area contributed by atoms with Crippen molar-refractivity contribution in [3.63, 3.8) is 0 Å². The molecule has 1 saturated carbocycles. The van der Waals surface area contributed by atoms with Gasteiger partial charge in [-0.1, -0.05) is 32.4 Å². The summed E-state index contributed by atoms with van der Waals surface area (Å²) in [7, 11) is -1.74. The molecule has 144 valence electrons. The second-order valence-electron chi connectivity index (χ2n) is 8.88. The summed E-state index contributed by atoms with van der Waals surface area (Å²) >= 11 is 6.27. The van der Waals surface area contributed by atoms with Crippen LogP contribution in [0, 0.1) is 11.3 Å². The van der Waals surface area contributed by atoms with E-state index in [0.29, 0.717) is 22.7 Å². The minimum absolute atomic E-state index is 0.241. The maximum Gasteiger partial charge on any atom is 0.192 e. The van der Waals surface area contributed by atoms with Crippen molar-refractivity contribution in [3.8, 4) is 6.07 Å². The second-order valence-corrected chi connectivity index (χ2v) is 14.0. The summed E-state index contributed by atoms with van der Waals surface area (Å²) in [6.07, 6.45) is 4.96. The van der Waals surface area contributed by atoms with E-state index >= 15 is 0 Å². The van der Waals surface area contributed by atoms with Crippen molar-refractivity contribution in [2.24, 2.45) is 0 Å². The molecule has 0 aliphatic heterocycles. The Balaban J connectivity index is 2.14. The molecule has 0 radical (unpaired) electrons. The van der Waals surface area contributed by atoms with Gasteiger partial charge in [-0.05, 0) is 68.9 Å². The van der Waals surface area contributed by atoms with Gasteiger partial charge in [-0.3, -0.25) is 0 Å². The lowest BCUT2D eigenvalue weighted by molar-refractivity contribution is 0.126. The highest BCUT2D eigenvalue weighted by molar-refractivity contribution is 6.74. The number of nitriles is 1. The van der Waals surface area contributed by atoms with Crippen LogP contribution in [-0.2, 0) is 4.43 Å². The molecule has 1 fully saturated rings. The van der Waals surface area contributed by atoms with Crippen molar-refractivity contribution in [2.75, 3.05) is 11.4 Å². The molecule has 0 bridgehead atoms. The van der Waals surface area contributed by atoms with E-state index in [2.05, 4.69) is 51.8 Å². The van der Waals surface area contributed by atoms with Gasteiger partial charge in [-0.25, -0.2) is 0 Å². The third-order valence-electron chi connectivity index (χ3n) is 6.05. The molecular formula is C21H33ClN2OSi. The van der Waals surface area contributed by atoms with Gasteiger partial charge in [0, 0.05) is 24.4 Å². The molecule has 1 aromatic rings. The molecular weight excluding hydrogens is 360 g/mol. The van der Waals surface area contributed by atoms with E-state index in [1.807, 2.05) is 18.2 Å². The van der Waals surface area contributed by atoms with Crippen molar-refractivity contribution >= 4 is 25.6 Å². The number of hydrogen-bond donors (Lipinski definition) is 0. The lowest BCUT2D eigenvalue weighted by atomic mass is 9.91. The van der Waals surface area contributed by atoms with E-state index in [1.165, 1.54) is 12.8 Å². The fourth-order valence-electron chi connectivity index (χ4n) is 3.53. The number of halogens is 1. The maximum absolute atomic E-state index is 9.10. The smallest absolute Gasteiger partial charge is 0.192 e. The highest BCUT2D eigenvalue weighted by Crippen LogP contribution is 2.40. The molecule has 0 saturated heterocycles. The van der Waals surface area contributed by atoms with Crippen molar-refractivity contribution < 1.29 is 4.43 Å². The molecule has 0 aromatic heterocycles. The normalized spacial score (nSPS) is 21.3. The average Bonchev–Trinajstić information content (AvgIpc) is 2.54. The number of anilines is 1. The molecule has 3 nitrogen and oxygen atoms in total. The van der Waals surface area contributed by atoms with Crippen molar-refractivity contribution in [1.82, 2.24) is 0 Å². The summed E-state index contributed by atoms with van der Waals surface area (Å²) in [6.45, 7) is 14.7. The summed E-state index contributed by atoms with van der Waals surface area (Å²) < 4.78 is 6.71. The van der Waals surface area contributed by atoms with Crippen LogP contribution in [0.4, 0.5) is 5.69 Å². The minimum Gasteiger partial charge on any atom is -0.414 e. The first kappa shape index (κ1) is 21.3. The minimum atomic E-state index is -1.74. The Hall–Kier alpha value is -1.02. The molecule has 1 aliphatic rings. The lowest BCUT2D eigenvalue weighted by Gasteiger charge is -2.44. The molecule has 0 amide bonds. The average molecular weight is 393 g/mol. The van der Waals surface area contributed by atoms with Crippen LogP contribution < -0.4 is 4.90 Å². The summed E-state index contributed by atoms with van der Waals surface area (Å²) in [5, 5.41) is 9.88. The Morgan fingerprint density at radius 1 is 1.31 bits per heavy atom. The van der Waals surface area contributed by atoms with Gasteiger partial charge in [0.15, 0.2) is 8.32 Å². The number of benzene rings is 1. The van der Waals surface area contributed by atoms with E-state index < -0.39 is 8.32 Å². The second kappa shape index (κ2) is 8.33. The molecule has 0 heterocycles. The molecule has 26 heavy (non-hydrogen) atoms. The van der Waals surface area contributed by atoms with Crippen LogP contribution in [-0.4, -0.2) is 27.0 Å². The van der Waals surface area contributed by atoms with Crippen LogP contribution in [0.1, 0.15) is 58.9 Å². The van der Waals surface area contributed by atoms with Gasteiger partial charge in [0.2, 0.25) is 0 Å². The van der Waals surface area contributed by atoms with Crippen LogP contribution >= 0.6 is 11.6 Å². The summed E-state index contributed by atoms with van der Waals surface area (Å²) in [5.41, 5.74) is 1.64. The largest absolute Gasteiger partial charge is 0.414 e. The third-order valence-corrected chi connectivity index (χ3v) is 10.9. The molecule has 1 aliphatic carbocycles. The van der Waals surface area contributed by atoms with Crippen LogP contribution in [0.15, 0.2) is 18.2 Å². The molecule has 0 spiro atoms. The van der Waals surface area contributed by atoms with Gasteiger partial charge in [0.1, 0.15) is 6.07 Å². The Kier molecular flexibility index (Phi) is 6.82. The topological polar surface area (TPSA) is 36.3 Å². The van der Waals surface area contributed by atoms with E-state index in [1.54, 1.807) is 0 Å². The van der Waals surface area contributed by atoms with Crippen molar-refractivity contribution in [1.29, 1.82) is 5.26 Å². The van der Waals surface area contributed by atoms with Gasteiger partial charge in [-0.2, -0.15) is 5.26 Å². The summed E-state index contributed by atoms with van der Waals surface area (Å²) in [4.78, 5) is 2.42. The Bertz CT molecular complexity index is 663. The van der Waals surface area contributed by atoms with Crippen LogP contribution in [0.3, 0.4) is 0 Å². The lowest BCUT2D eigenvalue weighted by Crippen LogP contribution is -2.48. The zero-order valence-electron chi connectivity index (χ0n) is 17.1. The first-order chi connectivity index (χ1) is 12.1. The maximum atomic E-state index is 9.10. The quantitative estimate of drug-likeness (QED) is 0.546. The highest BCUT2D eigenvalue weighted by Gasteiger charge is 2.40. The first-order valence-electron chi connectivity index (χ1n) is 9.73. The SMILES string of the molecule is CCN(c1ccc(C#N)c(Cl)c1)C1CCCC(O[Si](C)(C)C(C)(C)C)C1. The van der Waals surface area contributed by atoms with E-state index in [-0.39, 0.29) is 5.04 Å². The third kappa shape index (κ3) is 4.82. The molecule has 2 unspecified atom stereocenters. The van der Waals surface area contributed by atoms with Crippen molar-refractivity contribution in [2.45, 2.75) is 83.7 Å². The standard InChI is InChI=1S/C21H33ClN2OSi/c1-7-24(18-12-11-16(15-23)20(22)14-18)17-9-8-10-19(13-17)25-26(5,6)21(2,3)4/h11-12,14,17,19H,7-10,13H2,1-6H3. The monoisotopic (exact) mass is 392 g/mol. The summed E-state index contributed by atoms with van der Waals surface area (Å²) in [6, 6.07) is 8.38. The Morgan fingerprint density at radius 2 is 2.00 bits per heavy atom. The Labute approximate surface area is 165 Å². The van der Waals surface area contributed by atoms with Crippen LogP contribution in [0.25, 0.3) is 0 Å². The van der Waals surface area contributed by atoms with E-state index in [0.717, 1.165) is 25.1 Å². The number of nitrogens with zero attached hydrogens (tertiary/aromatic N) is 2. The molecule has 2 rings (SSSR count). The Morgan fingerprint density at radius 3 is 2.54 bits per heavy atom. The predicted molar refractivity (Wildman–Crippen MR) is 114 cm³/mol. The molecule has 0 N–H and O–H groups in total. The first-order valence-corrected chi connectivity index (χ1v) is 13.0. The van der Waals surface area contributed by atoms with Gasteiger partial charge in [-0.15, -0.1) is 0 Å². The van der Waals surface area contributed by atoms with Crippen LogP contribution in [0.2, 0.25) is 23.2 Å². The van der Waals surface area contributed by atoms with Crippen molar-refractivity contribution in [3.05, 3.63) is 28.8 Å². The molecule has 2 atom stereocenters. The number of hydrogen-bond acceptors (Lipinski definition) is 3. The van der Waals surface area contributed by atoms with Gasteiger partial charge < -0.3 is 9.33 Å². The zero-order chi connectivity index (χ0) is 19.5. The molecule has 5 heteroatoms.